The molecule has 2 aromatic rings. The van der Waals surface area contributed by atoms with Crippen molar-refractivity contribution in [2.75, 3.05) is 0 Å². The molecular formula is C14H10BrCl2FO. The van der Waals surface area contributed by atoms with Crippen molar-refractivity contribution in [2.24, 2.45) is 0 Å². The Hall–Kier alpha value is -0.610. The molecular weight excluding hydrogens is 354 g/mol. The second-order valence-corrected chi connectivity index (χ2v) is 5.85. The van der Waals surface area contributed by atoms with Crippen LogP contribution in [0.1, 0.15) is 17.2 Å². The molecule has 2 rings (SSSR count). The van der Waals surface area contributed by atoms with Crippen molar-refractivity contribution < 1.29 is 9.50 Å². The molecule has 0 aliphatic heterocycles. The maximum Gasteiger partial charge on any atom is 0.127 e. The van der Waals surface area contributed by atoms with Gasteiger partial charge in [0.1, 0.15) is 5.82 Å². The lowest BCUT2D eigenvalue weighted by Crippen LogP contribution is -2.04. The van der Waals surface area contributed by atoms with Gasteiger partial charge in [0, 0.05) is 20.9 Å². The van der Waals surface area contributed by atoms with Crippen molar-refractivity contribution in [3.05, 3.63) is 67.9 Å². The van der Waals surface area contributed by atoms with Crippen molar-refractivity contribution in [1.82, 2.24) is 0 Å². The smallest absolute Gasteiger partial charge is 0.127 e. The van der Waals surface area contributed by atoms with E-state index >= 15 is 0 Å². The maximum atomic E-state index is 13.7. The number of aliphatic hydroxyl groups excluding tert-OH is 1. The molecule has 0 saturated carbocycles. The van der Waals surface area contributed by atoms with Crippen LogP contribution in [0, 0.1) is 5.82 Å². The predicted molar refractivity (Wildman–Crippen MR) is 79.2 cm³/mol. The minimum absolute atomic E-state index is 0.170. The van der Waals surface area contributed by atoms with Crippen LogP contribution in [-0.4, -0.2) is 5.11 Å². The number of halogens is 4. The molecule has 0 bridgehead atoms. The van der Waals surface area contributed by atoms with Crippen LogP contribution in [0.2, 0.25) is 10.0 Å². The normalized spacial score (nSPS) is 12.5. The quantitative estimate of drug-likeness (QED) is 0.797. The average molecular weight is 364 g/mol. The average Bonchev–Trinajstić information content (AvgIpc) is 2.32. The lowest BCUT2D eigenvalue weighted by molar-refractivity contribution is 0.176. The highest BCUT2D eigenvalue weighted by Crippen LogP contribution is 2.29. The number of hydrogen-bond acceptors (Lipinski definition) is 1. The van der Waals surface area contributed by atoms with Gasteiger partial charge in [-0.15, -0.1) is 0 Å². The van der Waals surface area contributed by atoms with E-state index in [2.05, 4.69) is 15.9 Å². The number of aliphatic hydroxyl groups is 1. The first kappa shape index (κ1) is 14.8. The lowest BCUT2D eigenvalue weighted by Gasteiger charge is -2.14. The van der Waals surface area contributed by atoms with Gasteiger partial charge in [-0.05, 0) is 35.4 Å². The zero-order valence-corrected chi connectivity index (χ0v) is 12.8. The van der Waals surface area contributed by atoms with Gasteiger partial charge < -0.3 is 5.11 Å². The van der Waals surface area contributed by atoms with Crippen LogP contribution in [0.15, 0.2) is 40.9 Å². The Labute approximate surface area is 129 Å². The molecule has 19 heavy (non-hydrogen) atoms. The van der Waals surface area contributed by atoms with E-state index in [9.17, 15) is 9.50 Å². The highest BCUT2D eigenvalue weighted by atomic mass is 79.9. The van der Waals surface area contributed by atoms with Crippen molar-refractivity contribution in [3.8, 4) is 0 Å². The molecule has 100 valence electrons. The molecule has 0 fully saturated rings. The van der Waals surface area contributed by atoms with Crippen LogP contribution in [0.25, 0.3) is 0 Å². The summed E-state index contributed by atoms with van der Waals surface area (Å²) in [6, 6.07) is 9.50. The van der Waals surface area contributed by atoms with Crippen molar-refractivity contribution in [1.29, 1.82) is 0 Å². The standard InChI is InChI=1S/C14H10BrCl2FO/c15-12-6-9(16)3-4-11(12)14(19)5-8-1-2-10(17)7-13(8)18/h1-4,6-7,14,19H,5H2. The Kier molecular flexibility index (Phi) is 4.85. The number of rotatable bonds is 3. The molecule has 0 saturated heterocycles. The van der Waals surface area contributed by atoms with Gasteiger partial charge in [-0.3, -0.25) is 0 Å². The minimum atomic E-state index is -0.817. The van der Waals surface area contributed by atoms with Gasteiger partial charge in [0.2, 0.25) is 0 Å². The molecule has 1 unspecified atom stereocenters. The van der Waals surface area contributed by atoms with Crippen LogP contribution in [0.4, 0.5) is 4.39 Å². The molecule has 2 aromatic carbocycles. The van der Waals surface area contributed by atoms with Crippen LogP contribution in [0.5, 0.6) is 0 Å². The van der Waals surface area contributed by atoms with E-state index in [0.717, 1.165) is 0 Å². The second kappa shape index (κ2) is 6.23. The van der Waals surface area contributed by atoms with Gasteiger partial charge >= 0.3 is 0 Å². The van der Waals surface area contributed by atoms with E-state index in [-0.39, 0.29) is 6.42 Å². The predicted octanol–water partition coefficient (Wildman–Crippen LogP) is 5.17. The Bertz CT molecular complexity index is 604. The van der Waals surface area contributed by atoms with Crippen LogP contribution >= 0.6 is 39.1 Å². The Morgan fingerprint density at radius 1 is 1.11 bits per heavy atom. The van der Waals surface area contributed by atoms with E-state index in [1.165, 1.54) is 6.07 Å². The molecule has 1 nitrogen and oxygen atoms in total. The van der Waals surface area contributed by atoms with Gasteiger partial charge in [-0.25, -0.2) is 4.39 Å². The summed E-state index contributed by atoms with van der Waals surface area (Å²) in [6.07, 6.45) is -0.647. The number of benzene rings is 2. The largest absolute Gasteiger partial charge is 0.388 e. The summed E-state index contributed by atoms with van der Waals surface area (Å²) in [6.45, 7) is 0. The fourth-order valence-corrected chi connectivity index (χ4v) is 2.88. The Morgan fingerprint density at radius 3 is 2.37 bits per heavy atom. The van der Waals surface area contributed by atoms with Gasteiger partial charge in [0.15, 0.2) is 0 Å². The van der Waals surface area contributed by atoms with Gasteiger partial charge in [0.25, 0.3) is 0 Å². The van der Waals surface area contributed by atoms with Gasteiger partial charge in [-0.2, -0.15) is 0 Å². The third-order valence-electron chi connectivity index (χ3n) is 2.75. The van der Waals surface area contributed by atoms with E-state index in [4.69, 9.17) is 23.2 Å². The minimum Gasteiger partial charge on any atom is -0.388 e. The molecule has 0 radical (unpaired) electrons. The third kappa shape index (κ3) is 3.69. The topological polar surface area (TPSA) is 20.2 Å². The first-order valence-corrected chi connectivity index (χ1v) is 7.09. The van der Waals surface area contributed by atoms with Gasteiger partial charge in [-0.1, -0.05) is 51.3 Å². The number of hydrogen-bond donors (Lipinski definition) is 1. The van der Waals surface area contributed by atoms with E-state index in [1.807, 2.05) is 0 Å². The van der Waals surface area contributed by atoms with Crippen molar-refractivity contribution in [2.45, 2.75) is 12.5 Å². The highest BCUT2D eigenvalue weighted by molar-refractivity contribution is 9.10. The molecule has 0 spiro atoms. The SMILES string of the molecule is OC(Cc1ccc(Cl)cc1F)c1ccc(Cl)cc1Br. The summed E-state index contributed by atoms with van der Waals surface area (Å²) in [4.78, 5) is 0. The monoisotopic (exact) mass is 362 g/mol. The molecule has 0 aliphatic carbocycles. The zero-order valence-electron chi connectivity index (χ0n) is 9.71. The summed E-state index contributed by atoms with van der Waals surface area (Å²) >= 11 is 14.9. The highest BCUT2D eigenvalue weighted by Gasteiger charge is 2.14. The molecule has 0 amide bonds. The molecule has 0 heterocycles. The molecule has 0 aromatic heterocycles. The van der Waals surface area contributed by atoms with E-state index in [1.54, 1.807) is 30.3 Å². The van der Waals surface area contributed by atoms with E-state index < -0.39 is 11.9 Å². The summed E-state index contributed by atoms with van der Waals surface area (Å²) in [5.74, 6) is -0.420. The molecule has 1 N–H and O–H groups in total. The summed E-state index contributed by atoms with van der Waals surface area (Å²) in [5, 5.41) is 11.1. The maximum absolute atomic E-state index is 13.7. The molecule has 0 aliphatic rings. The second-order valence-electron chi connectivity index (χ2n) is 4.12. The van der Waals surface area contributed by atoms with Crippen molar-refractivity contribution in [3.63, 3.8) is 0 Å². The zero-order chi connectivity index (χ0) is 14.0. The van der Waals surface area contributed by atoms with E-state index in [0.29, 0.717) is 25.6 Å². The molecule has 1 atom stereocenters. The van der Waals surface area contributed by atoms with Crippen LogP contribution in [0.3, 0.4) is 0 Å². The fourth-order valence-electron chi connectivity index (χ4n) is 1.78. The summed E-state index contributed by atoms with van der Waals surface area (Å²) in [5.41, 5.74) is 1.08. The Balaban J connectivity index is 2.23. The summed E-state index contributed by atoms with van der Waals surface area (Å²) in [7, 11) is 0. The first-order chi connectivity index (χ1) is 8.97. The lowest BCUT2D eigenvalue weighted by atomic mass is 10.0. The van der Waals surface area contributed by atoms with Crippen LogP contribution < -0.4 is 0 Å². The fraction of sp³-hybridized carbons (Fsp3) is 0.143. The Morgan fingerprint density at radius 2 is 1.74 bits per heavy atom. The third-order valence-corrected chi connectivity index (χ3v) is 3.91. The van der Waals surface area contributed by atoms with Gasteiger partial charge in [0.05, 0.1) is 6.10 Å². The molecule has 5 heteroatoms. The summed E-state index contributed by atoms with van der Waals surface area (Å²) < 4.78 is 14.4. The van der Waals surface area contributed by atoms with Crippen molar-refractivity contribution >= 4 is 39.1 Å². The van der Waals surface area contributed by atoms with Crippen LogP contribution in [-0.2, 0) is 6.42 Å². The first-order valence-electron chi connectivity index (χ1n) is 5.54.